The molecule has 0 amide bonds. The molecule has 0 heterocycles. The van der Waals surface area contributed by atoms with Gasteiger partial charge in [0.1, 0.15) is 5.82 Å². The Morgan fingerprint density at radius 1 is 1.05 bits per heavy atom. The number of likely N-dealkylation sites (N-methyl/N-ethyl adjacent to an activating group) is 1. The molecule has 2 N–H and O–H groups in total. The molecule has 5 heteroatoms. The van der Waals surface area contributed by atoms with E-state index in [1.54, 1.807) is 24.1 Å². The van der Waals surface area contributed by atoms with E-state index >= 15 is 0 Å². The van der Waals surface area contributed by atoms with Gasteiger partial charge in [0.25, 0.3) is 0 Å². The van der Waals surface area contributed by atoms with Gasteiger partial charge >= 0.3 is 0 Å². The Morgan fingerprint density at radius 3 is 2.35 bits per heavy atom. The molecule has 0 aromatic heterocycles. The van der Waals surface area contributed by atoms with E-state index in [1.165, 1.54) is 24.3 Å². The Hall–Kier alpha value is -2.01. The average molecular weight is 280 g/mol. The van der Waals surface area contributed by atoms with Gasteiger partial charge in [-0.05, 0) is 30.3 Å². The molecular weight excluding hydrogens is 265 g/mol. The van der Waals surface area contributed by atoms with E-state index in [1.807, 2.05) is 0 Å². The number of nitrogens with two attached hydrogens (primary N) is 1. The van der Waals surface area contributed by atoms with Crippen molar-refractivity contribution in [1.29, 1.82) is 0 Å². The molecule has 2 aromatic carbocycles. The van der Waals surface area contributed by atoms with Gasteiger partial charge in [0.15, 0.2) is 11.6 Å². The molecule has 0 aliphatic carbocycles. The summed E-state index contributed by atoms with van der Waals surface area (Å²) in [4.78, 5) is 1.76. The van der Waals surface area contributed by atoms with Crippen molar-refractivity contribution >= 4 is 5.69 Å². The monoisotopic (exact) mass is 280 g/mol. The third-order valence-electron chi connectivity index (χ3n) is 3.12. The molecule has 0 aliphatic rings. The fourth-order valence-electron chi connectivity index (χ4n) is 2.00. The van der Waals surface area contributed by atoms with Gasteiger partial charge in [-0.2, -0.15) is 0 Å². The van der Waals surface area contributed by atoms with Crippen molar-refractivity contribution in [3.63, 3.8) is 0 Å². The van der Waals surface area contributed by atoms with E-state index in [0.29, 0.717) is 0 Å². The first-order chi connectivity index (χ1) is 9.49. The quantitative estimate of drug-likeness (QED) is 0.931. The van der Waals surface area contributed by atoms with Gasteiger partial charge in [-0.1, -0.05) is 12.1 Å². The zero-order valence-electron chi connectivity index (χ0n) is 11.0. The van der Waals surface area contributed by atoms with Crippen LogP contribution in [0.1, 0.15) is 11.6 Å². The molecule has 2 rings (SSSR count). The van der Waals surface area contributed by atoms with E-state index < -0.39 is 17.7 Å². The fraction of sp³-hybridized carbons (Fsp3) is 0.200. The van der Waals surface area contributed by atoms with Gasteiger partial charge in [-0.15, -0.1) is 0 Å². The molecule has 0 radical (unpaired) electrons. The van der Waals surface area contributed by atoms with Crippen LogP contribution in [0, 0.1) is 17.5 Å². The number of rotatable bonds is 4. The first kappa shape index (κ1) is 14.4. The Bertz CT molecular complexity index is 584. The van der Waals surface area contributed by atoms with Crippen molar-refractivity contribution in [2.75, 3.05) is 18.5 Å². The lowest BCUT2D eigenvalue weighted by Crippen LogP contribution is -2.29. The molecule has 0 saturated heterocycles. The van der Waals surface area contributed by atoms with E-state index in [-0.39, 0.29) is 17.9 Å². The molecule has 1 atom stereocenters. The van der Waals surface area contributed by atoms with Crippen molar-refractivity contribution in [3.8, 4) is 0 Å². The molecule has 2 aromatic rings. The third-order valence-corrected chi connectivity index (χ3v) is 3.12. The summed E-state index contributed by atoms with van der Waals surface area (Å²) in [5.41, 5.74) is 6.78. The summed E-state index contributed by atoms with van der Waals surface area (Å²) in [6.45, 7) is 0.284. The summed E-state index contributed by atoms with van der Waals surface area (Å²) in [6, 6.07) is 9.12. The van der Waals surface area contributed by atoms with Crippen LogP contribution in [-0.4, -0.2) is 13.6 Å². The van der Waals surface area contributed by atoms with Crippen LogP contribution in [0.5, 0.6) is 0 Å². The molecule has 0 fully saturated rings. The van der Waals surface area contributed by atoms with Crippen molar-refractivity contribution in [2.45, 2.75) is 6.04 Å². The minimum atomic E-state index is -0.924. The molecule has 0 saturated carbocycles. The Balaban J connectivity index is 2.13. The number of hydrogen-bond donors (Lipinski definition) is 1. The lowest BCUT2D eigenvalue weighted by molar-refractivity contribution is 0.488. The lowest BCUT2D eigenvalue weighted by Gasteiger charge is -2.24. The number of hydrogen-bond acceptors (Lipinski definition) is 2. The fourth-order valence-corrected chi connectivity index (χ4v) is 2.00. The van der Waals surface area contributed by atoms with Crippen LogP contribution < -0.4 is 10.6 Å². The van der Waals surface area contributed by atoms with Gasteiger partial charge in [-0.25, -0.2) is 13.2 Å². The molecule has 106 valence electrons. The highest BCUT2D eigenvalue weighted by atomic mass is 19.2. The van der Waals surface area contributed by atoms with Crippen LogP contribution in [0.3, 0.4) is 0 Å². The van der Waals surface area contributed by atoms with Crippen molar-refractivity contribution in [1.82, 2.24) is 0 Å². The number of anilines is 1. The van der Waals surface area contributed by atoms with Gasteiger partial charge in [0.05, 0.1) is 6.04 Å². The van der Waals surface area contributed by atoms with Crippen LogP contribution >= 0.6 is 0 Å². The molecule has 0 bridgehead atoms. The van der Waals surface area contributed by atoms with Crippen LogP contribution in [0.25, 0.3) is 0 Å². The summed E-state index contributed by atoms with van der Waals surface area (Å²) in [5.74, 6) is -2.17. The molecule has 0 spiro atoms. The lowest BCUT2D eigenvalue weighted by atomic mass is 10.1. The summed E-state index contributed by atoms with van der Waals surface area (Å²) in [5, 5.41) is 0. The maximum atomic E-state index is 13.6. The largest absolute Gasteiger partial charge is 0.373 e. The highest BCUT2D eigenvalue weighted by Gasteiger charge is 2.16. The maximum absolute atomic E-state index is 13.6. The zero-order valence-corrected chi connectivity index (χ0v) is 11.0. The summed E-state index contributed by atoms with van der Waals surface area (Å²) in [6.07, 6.45) is 0. The number of nitrogens with zero attached hydrogens (tertiary/aromatic N) is 1. The van der Waals surface area contributed by atoms with Gasteiger partial charge < -0.3 is 10.6 Å². The van der Waals surface area contributed by atoms with Crippen LogP contribution in [0.2, 0.25) is 0 Å². The third kappa shape index (κ3) is 3.11. The van der Waals surface area contributed by atoms with Crippen molar-refractivity contribution < 1.29 is 13.2 Å². The average Bonchev–Trinajstić information content (AvgIpc) is 2.42. The standard InChI is InChI=1S/C15H15F3N2/c1-20(11-7-5-10(16)6-8-11)9-14(19)12-3-2-4-13(17)15(12)18/h2-8,14H,9,19H2,1H3. The maximum Gasteiger partial charge on any atom is 0.163 e. The van der Waals surface area contributed by atoms with Crippen LogP contribution in [-0.2, 0) is 0 Å². The second-order valence-corrected chi connectivity index (χ2v) is 4.61. The SMILES string of the molecule is CN(CC(N)c1cccc(F)c1F)c1ccc(F)cc1. The van der Waals surface area contributed by atoms with Crippen molar-refractivity contribution in [3.05, 3.63) is 65.5 Å². The highest BCUT2D eigenvalue weighted by molar-refractivity contribution is 5.46. The molecule has 2 nitrogen and oxygen atoms in total. The van der Waals surface area contributed by atoms with E-state index in [2.05, 4.69) is 0 Å². The first-order valence-electron chi connectivity index (χ1n) is 6.15. The molecular formula is C15H15F3N2. The van der Waals surface area contributed by atoms with Crippen LogP contribution in [0.4, 0.5) is 18.9 Å². The molecule has 0 aliphatic heterocycles. The summed E-state index contributed by atoms with van der Waals surface area (Å²) >= 11 is 0. The first-order valence-corrected chi connectivity index (χ1v) is 6.15. The van der Waals surface area contributed by atoms with Gasteiger partial charge in [0.2, 0.25) is 0 Å². The Morgan fingerprint density at radius 2 is 1.70 bits per heavy atom. The van der Waals surface area contributed by atoms with Crippen LogP contribution in [0.15, 0.2) is 42.5 Å². The van der Waals surface area contributed by atoms with E-state index in [0.717, 1.165) is 11.8 Å². The zero-order chi connectivity index (χ0) is 14.7. The Kier molecular flexibility index (Phi) is 4.29. The Labute approximate surface area is 115 Å². The minimum absolute atomic E-state index is 0.124. The second kappa shape index (κ2) is 5.96. The van der Waals surface area contributed by atoms with Crippen molar-refractivity contribution in [2.24, 2.45) is 5.73 Å². The van der Waals surface area contributed by atoms with Gasteiger partial charge in [0, 0.05) is 24.8 Å². The predicted octanol–water partition coefficient (Wildman–Crippen LogP) is 3.24. The van der Waals surface area contributed by atoms with Gasteiger partial charge in [-0.3, -0.25) is 0 Å². The normalized spacial score (nSPS) is 12.2. The molecule has 1 unspecified atom stereocenters. The predicted molar refractivity (Wildman–Crippen MR) is 73.0 cm³/mol. The topological polar surface area (TPSA) is 29.3 Å². The molecule has 20 heavy (non-hydrogen) atoms. The smallest absolute Gasteiger partial charge is 0.163 e. The second-order valence-electron chi connectivity index (χ2n) is 4.61. The minimum Gasteiger partial charge on any atom is -0.373 e. The summed E-state index contributed by atoms with van der Waals surface area (Å²) in [7, 11) is 1.75. The summed E-state index contributed by atoms with van der Waals surface area (Å²) < 4.78 is 39.6. The van der Waals surface area contributed by atoms with E-state index in [9.17, 15) is 13.2 Å². The highest BCUT2D eigenvalue weighted by Crippen LogP contribution is 2.21. The number of benzene rings is 2. The van der Waals surface area contributed by atoms with E-state index in [4.69, 9.17) is 5.73 Å². The number of halogens is 3.